The van der Waals surface area contributed by atoms with Crippen LogP contribution in [0.25, 0.3) is 0 Å². The Morgan fingerprint density at radius 2 is 1.11 bits per heavy atom. The summed E-state index contributed by atoms with van der Waals surface area (Å²) < 4.78 is 5.43. The zero-order chi connectivity index (χ0) is 7.71. The van der Waals surface area contributed by atoms with E-state index in [2.05, 4.69) is 0 Å². The molecule has 0 aromatic heterocycles. The lowest BCUT2D eigenvalue weighted by Gasteiger charge is -2.23. The molecule has 0 N–H and O–H groups in total. The predicted molar refractivity (Wildman–Crippen MR) is 47.8 cm³/mol. The largest absolute Gasteiger partial charge is 0.433 e. The zero-order valence-electron chi connectivity index (χ0n) is 6.16. The van der Waals surface area contributed by atoms with Crippen LogP contribution < -0.4 is 0 Å². The van der Waals surface area contributed by atoms with Gasteiger partial charge in [0.15, 0.2) is 0 Å². The van der Waals surface area contributed by atoms with Crippen LogP contribution in [0.2, 0.25) is 26.2 Å². The van der Waals surface area contributed by atoms with E-state index in [1.165, 1.54) is 0 Å². The number of rotatable bonds is 2. The van der Waals surface area contributed by atoms with Crippen molar-refractivity contribution in [3.8, 4) is 0 Å². The Balaban J connectivity index is 3.75. The smallest absolute Gasteiger partial charge is 0.274 e. The standard InChI is InChI=1S/C4H12Cl2OSi2/c1-8(2,5)7-9(3,4)6/h1-4H3. The van der Waals surface area contributed by atoms with Crippen molar-refractivity contribution in [3.63, 3.8) is 0 Å². The molecule has 0 saturated heterocycles. The summed E-state index contributed by atoms with van der Waals surface area (Å²) in [5, 5.41) is 0. The minimum absolute atomic E-state index is 1.89. The van der Waals surface area contributed by atoms with E-state index in [1.807, 2.05) is 26.2 Å². The molecule has 0 unspecified atom stereocenters. The average Bonchev–Trinajstić information content (AvgIpc) is 1.14. The van der Waals surface area contributed by atoms with E-state index in [9.17, 15) is 0 Å². The molecule has 1 nitrogen and oxygen atoms in total. The van der Waals surface area contributed by atoms with E-state index in [0.717, 1.165) is 0 Å². The summed E-state index contributed by atoms with van der Waals surface area (Å²) in [5.74, 6) is 0. The van der Waals surface area contributed by atoms with Crippen molar-refractivity contribution in [1.29, 1.82) is 0 Å². The maximum Gasteiger partial charge on any atom is 0.274 e. The van der Waals surface area contributed by atoms with Crippen molar-refractivity contribution in [2.45, 2.75) is 26.2 Å². The normalized spacial score (nSPS) is 14.0. The van der Waals surface area contributed by atoms with Crippen LogP contribution in [0, 0.1) is 0 Å². The summed E-state index contributed by atoms with van der Waals surface area (Å²) in [6.07, 6.45) is 0. The van der Waals surface area contributed by atoms with Gasteiger partial charge in [0.25, 0.3) is 15.3 Å². The van der Waals surface area contributed by atoms with E-state index < -0.39 is 15.3 Å². The molecule has 0 aliphatic heterocycles. The Labute approximate surface area is 68.0 Å². The zero-order valence-corrected chi connectivity index (χ0v) is 9.68. The van der Waals surface area contributed by atoms with Crippen LogP contribution >= 0.6 is 22.2 Å². The second-order valence-electron chi connectivity index (χ2n) is 2.83. The van der Waals surface area contributed by atoms with Gasteiger partial charge in [-0.15, -0.1) is 22.2 Å². The maximum atomic E-state index is 5.88. The highest BCUT2D eigenvalue weighted by Gasteiger charge is 2.29. The van der Waals surface area contributed by atoms with Gasteiger partial charge in [0.2, 0.25) is 0 Å². The van der Waals surface area contributed by atoms with Crippen molar-refractivity contribution in [1.82, 2.24) is 0 Å². The highest BCUT2D eigenvalue weighted by Crippen LogP contribution is 2.19. The Hall–Kier alpha value is 0.974. The molecular weight excluding hydrogens is 191 g/mol. The molecule has 0 fully saturated rings. The Morgan fingerprint density at radius 3 is 1.11 bits per heavy atom. The van der Waals surface area contributed by atoms with E-state index in [0.29, 0.717) is 0 Å². The SMILES string of the molecule is C[Si](C)(Cl)O[Si](C)(C)Cl. The van der Waals surface area contributed by atoms with Crippen molar-refractivity contribution >= 4 is 37.4 Å². The molecule has 0 aliphatic rings. The van der Waals surface area contributed by atoms with E-state index in [-0.39, 0.29) is 0 Å². The Morgan fingerprint density at radius 1 is 0.889 bits per heavy atom. The molecule has 0 bridgehead atoms. The number of halogens is 2. The Kier molecular flexibility index (Phi) is 3.24. The highest BCUT2D eigenvalue weighted by atomic mass is 35.6. The molecule has 5 heteroatoms. The third kappa shape index (κ3) is 8.97. The Bertz CT molecular complexity index is 81.7. The summed E-state index contributed by atoms with van der Waals surface area (Å²) in [6, 6.07) is 0. The van der Waals surface area contributed by atoms with Gasteiger partial charge in [0.1, 0.15) is 0 Å². The van der Waals surface area contributed by atoms with Crippen LogP contribution in [-0.2, 0) is 4.12 Å². The van der Waals surface area contributed by atoms with Crippen LogP contribution in [0.1, 0.15) is 0 Å². The third-order valence-corrected chi connectivity index (χ3v) is 5.76. The van der Waals surface area contributed by atoms with Crippen LogP contribution in [0.3, 0.4) is 0 Å². The summed E-state index contributed by atoms with van der Waals surface area (Å²) in [5.41, 5.74) is 0. The minimum atomic E-state index is -1.89. The van der Waals surface area contributed by atoms with Crippen LogP contribution in [0.15, 0.2) is 0 Å². The van der Waals surface area contributed by atoms with Crippen molar-refractivity contribution in [2.75, 3.05) is 0 Å². The molecular formula is C4H12Cl2OSi2. The first-order valence-electron chi connectivity index (χ1n) is 2.79. The minimum Gasteiger partial charge on any atom is -0.433 e. The van der Waals surface area contributed by atoms with Gasteiger partial charge in [-0.25, -0.2) is 0 Å². The van der Waals surface area contributed by atoms with Crippen molar-refractivity contribution in [3.05, 3.63) is 0 Å². The molecule has 0 saturated carbocycles. The lowest BCUT2D eigenvalue weighted by Crippen LogP contribution is -2.36. The van der Waals surface area contributed by atoms with Crippen LogP contribution in [-0.4, -0.2) is 15.3 Å². The molecule has 0 spiro atoms. The number of hydrogen-bond acceptors (Lipinski definition) is 1. The van der Waals surface area contributed by atoms with Gasteiger partial charge in [0, 0.05) is 0 Å². The fraction of sp³-hybridized carbons (Fsp3) is 1.00. The summed E-state index contributed by atoms with van der Waals surface area (Å²) in [6.45, 7) is 7.69. The van der Waals surface area contributed by atoms with E-state index in [1.54, 1.807) is 0 Å². The van der Waals surface area contributed by atoms with Crippen LogP contribution in [0.4, 0.5) is 0 Å². The van der Waals surface area contributed by atoms with Gasteiger partial charge in [-0.2, -0.15) is 0 Å². The molecule has 0 aliphatic carbocycles. The highest BCUT2D eigenvalue weighted by molar-refractivity contribution is 7.24. The maximum absolute atomic E-state index is 5.88. The summed E-state index contributed by atoms with van der Waals surface area (Å²) in [7, 11) is -3.78. The topological polar surface area (TPSA) is 9.23 Å². The van der Waals surface area contributed by atoms with E-state index >= 15 is 0 Å². The second kappa shape index (κ2) is 2.92. The molecule has 0 aromatic carbocycles. The molecule has 0 aromatic rings. The number of hydrogen-bond donors (Lipinski definition) is 0. The molecule has 0 amide bonds. The van der Waals surface area contributed by atoms with Crippen LogP contribution in [0.5, 0.6) is 0 Å². The van der Waals surface area contributed by atoms with Gasteiger partial charge in [-0.3, -0.25) is 0 Å². The van der Waals surface area contributed by atoms with Gasteiger partial charge in [-0.1, -0.05) is 0 Å². The fourth-order valence-corrected chi connectivity index (χ4v) is 9.02. The summed E-state index contributed by atoms with van der Waals surface area (Å²) >= 11 is 11.8. The lowest BCUT2D eigenvalue weighted by atomic mass is 11.9. The molecule has 56 valence electrons. The lowest BCUT2D eigenvalue weighted by molar-refractivity contribution is 0.589. The van der Waals surface area contributed by atoms with Gasteiger partial charge in [0.05, 0.1) is 0 Å². The molecule has 0 heterocycles. The molecule has 0 radical (unpaired) electrons. The van der Waals surface area contributed by atoms with Crippen molar-refractivity contribution in [2.24, 2.45) is 0 Å². The van der Waals surface area contributed by atoms with Gasteiger partial charge >= 0.3 is 0 Å². The third-order valence-electron chi connectivity index (χ3n) is 0.485. The first-order chi connectivity index (χ1) is 3.71. The monoisotopic (exact) mass is 202 g/mol. The van der Waals surface area contributed by atoms with Crippen molar-refractivity contribution < 1.29 is 4.12 Å². The molecule has 0 rings (SSSR count). The average molecular weight is 203 g/mol. The van der Waals surface area contributed by atoms with Gasteiger partial charge in [-0.05, 0) is 26.2 Å². The first kappa shape index (κ1) is 9.97. The molecule has 0 atom stereocenters. The fourth-order valence-electron chi connectivity index (χ4n) is 0.577. The quantitative estimate of drug-likeness (QED) is 0.495. The molecule has 9 heavy (non-hydrogen) atoms. The second-order valence-corrected chi connectivity index (χ2v) is 14.6. The summed E-state index contributed by atoms with van der Waals surface area (Å²) in [4.78, 5) is 0. The van der Waals surface area contributed by atoms with Gasteiger partial charge < -0.3 is 4.12 Å². The predicted octanol–water partition coefficient (Wildman–Crippen LogP) is 2.88. The van der Waals surface area contributed by atoms with E-state index in [4.69, 9.17) is 26.3 Å². The first-order valence-corrected chi connectivity index (χ1v) is 10.6.